The van der Waals surface area contributed by atoms with Crippen LogP contribution in [0.2, 0.25) is 0 Å². The van der Waals surface area contributed by atoms with E-state index < -0.39 is 24.4 Å². The molecule has 0 aliphatic carbocycles. The average Bonchev–Trinajstić information content (AvgIpc) is 3.21. The summed E-state index contributed by atoms with van der Waals surface area (Å²) in [5.41, 5.74) is 3.16. The first-order valence-corrected chi connectivity index (χ1v) is 11.3. The second kappa shape index (κ2) is 11.9. The van der Waals surface area contributed by atoms with E-state index in [2.05, 4.69) is 0 Å². The van der Waals surface area contributed by atoms with Gasteiger partial charge in [0.15, 0.2) is 5.78 Å². The first-order valence-electron chi connectivity index (χ1n) is 11.3. The van der Waals surface area contributed by atoms with Gasteiger partial charge in [-0.05, 0) is 23.6 Å². The van der Waals surface area contributed by atoms with Crippen LogP contribution in [0.25, 0.3) is 0 Å². The predicted octanol–water partition coefficient (Wildman–Crippen LogP) is 4.73. The molecule has 0 aromatic heterocycles. The van der Waals surface area contributed by atoms with E-state index in [1.165, 1.54) is 6.92 Å². The van der Waals surface area contributed by atoms with Crippen LogP contribution in [0.4, 0.5) is 0 Å². The monoisotopic (exact) mass is 446 g/mol. The van der Waals surface area contributed by atoms with Crippen molar-refractivity contribution in [3.8, 4) is 0 Å². The molecule has 33 heavy (non-hydrogen) atoms. The Kier molecular flexibility index (Phi) is 8.39. The summed E-state index contributed by atoms with van der Waals surface area (Å²) in [5.74, 6) is -0.0769. The van der Waals surface area contributed by atoms with Crippen molar-refractivity contribution in [2.24, 2.45) is 0 Å². The van der Waals surface area contributed by atoms with Crippen molar-refractivity contribution in [1.29, 1.82) is 0 Å². The van der Waals surface area contributed by atoms with Crippen LogP contribution >= 0.6 is 0 Å². The number of ketones is 1. The van der Waals surface area contributed by atoms with E-state index in [1.807, 2.05) is 91.0 Å². The Bertz CT molecular complexity index is 977. The quantitative estimate of drug-likeness (QED) is 0.426. The standard InChI is InChI=1S/C28H30O5/c1-21(29)26-28(32-19-24-15-9-4-10-16-24)27(31-18-23-13-7-3-8-14-23)25(33-26)20-30-17-22-11-5-2-6-12-22/h2-16,25-28H,17-20H2,1H3/t25-,26+,27-,28+/m1/s1. The molecule has 5 heteroatoms. The van der Waals surface area contributed by atoms with Gasteiger partial charge in [-0.3, -0.25) is 4.79 Å². The molecule has 0 unspecified atom stereocenters. The summed E-state index contributed by atoms with van der Waals surface area (Å²) in [7, 11) is 0. The van der Waals surface area contributed by atoms with Crippen molar-refractivity contribution in [2.75, 3.05) is 6.61 Å². The van der Waals surface area contributed by atoms with E-state index in [9.17, 15) is 4.79 Å². The third-order valence-electron chi connectivity index (χ3n) is 5.67. The molecular weight excluding hydrogens is 416 g/mol. The van der Waals surface area contributed by atoms with Crippen LogP contribution in [-0.4, -0.2) is 36.8 Å². The first-order chi connectivity index (χ1) is 16.2. The maximum atomic E-state index is 12.4. The highest BCUT2D eigenvalue weighted by Gasteiger charge is 2.48. The number of hydrogen-bond acceptors (Lipinski definition) is 5. The van der Waals surface area contributed by atoms with Crippen molar-refractivity contribution in [3.63, 3.8) is 0 Å². The summed E-state index contributed by atoms with van der Waals surface area (Å²) in [6.07, 6.45) is -2.05. The van der Waals surface area contributed by atoms with E-state index in [4.69, 9.17) is 18.9 Å². The summed E-state index contributed by atoms with van der Waals surface area (Å²) < 4.78 is 24.6. The van der Waals surface area contributed by atoms with Gasteiger partial charge >= 0.3 is 0 Å². The summed E-state index contributed by atoms with van der Waals surface area (Å²) in [6.45, 7) is 3.09. The van der Waals surface area contributed by atoms with Gasteiger partial charge in [-0.25, -0.2) is 0 Å². The van der Waals surface area contributed by atoms with Crippen LogP contribution in [0.15, 0.2) is 91.0 Å². The van der Waals surface area contributed by atoms with Crippen LogP contribution in [-0.2, 0) is 43.6 Å². The Morgan fingerprint density at radius 3 is 1.64 bits per heavy atom. The van der Waals surface area contributed by atoms with E-state index in [0.29, 0.717) is 26.4 Å². The minimum absolute atomic E-state index is 0.0769. The molecule has 0 spiro atoms. The Morgan fingerprint density at radius 2 is 1.15 bits per heavy atom. The molecule has 0 N–H and O–H groups in total. The SMILES string of the molecule is CC(=O)[C@@H]1O[C@H](COCc2ccccc2)[C@@H](OCc2ccccc2)[C@H]1OCc1ccccc1. The zero-order chi connectivity index (χ0) is 22.9. The molecule has 1 saturated heterocycles. The summed E-state index contributed by atoms with van der Waals surface area (Å²) >= 11 is 0. The lowest BCUT2D eigenvalue weighted by molar-refractivity contribution is -0.135. The number of carbonyl (C=O) groups excluding carboxylic acids is 1. The summed E-state index contributed by atoms with van der Waals surface area (Å²) in [6, 6.07) is 29.8. The van der Waals surface area contributed by atoms with Crippen LogP contribution in [0.1, 0.15) is 23.6 Å². The number of Topliss-reactive ketones (excluding diaryl/α,β-unsaturated/α-hetero) is 1. The van der Waals surface area contributed by atoms with Crippen LogP contribution in [0.3, 0.4) is 0 Å². The second-order valence-electron chi connectivity index (χ2n) is 8.23. The fourth-order valence-electron chi connectivity index (χ4n) is 3.97. The van der Waals surface area contributed by atoms with Gasteiger partial charge in [-0.1, -0.05) is 91.0 Å². The zero-order valence-corrected chi connectivity index (χ0v) is 18.8. The predicted molar refractivity (Wildman–Crippen MR) is 125 cm³/mol. The van der Waals surface area contributed by atoms with Gasteiger partial charge in [-0.15, -0.1) is 0 Å². The average molecular weight is 447 g/mol. The molecular formula is C28H30O5. The maximum absolute atomic E-state index is 12.4. The first kappa shape index (κ1) is 23.3. The largest absolute Gasteiger partial charge is 0.374 e. The van der Waals surface area contributed by atoms with Gasteiger partial charge in [0, 0.05) is 0 Å². The molecule has 3 aromatic rings. The van der Waals surface area contributed by atoms with Gasteiger partial charge < -0.3 is 18.9 Å². The van der Waals surface area contributed by atoms with E-state index in [0.717, 1.165) is 16.7 Å². The van der Waals surface area contributed by atoms with Crippen LogP contribution in [0, 0.1) is 0 Å². The van der Waals surface area contributed by atoms with E-state index in [-0.39, 0.29) is 5.78 Å². The van der Waals surface area contributed by atoms with Crippen molar-refractivity contribution in [3.05, 3.63) is 108 Å². The van der Waals surface area contributed by atoms with Crippen LogP contribution in [0.5, 0.6) is 0 Å². The molecule has 4 atom stereocenters. The third-order valence-corrected chi connectivity index (χ3v) is 5.67. The zero-order valence-electron chi connectivity index (χ0n) is 18.8. The lowest BCUT2D eigenvalue weighted by Crippen LogP contribution is -2.40. The second-order valence-corrected chi connectivity index (χ2v) is 8.23. The lowest BCUT2D eigenvalue weighted by atomic mass is 10.0. The Labute approximate surface area is 195 Å². The molecule has 3 aromatic carbocycles. The summed E-state index contributed by atoms with van der Waals surface area (Å²) in [4.78, 5) is 12.4. The van der Waals surface area contributed by atoms with Gasteiger partial charge in [-0.2, -0.15) is 0 Å². The van der Waals surface area contributed by atoms with Gasteiger partial charge in [0.05, 0.1) is 26.4 Å². The number of hydrogen-bond donors (Lipinski definition) is 0. The molecule has 5 nitrogen and oxygen atoms in total. The molecule has 0 radical (unpaired) electrons. The molecule has 4 rings (SSSR count). The fourth-order valence-corrected chi connectivity index (χ4v) is 3.97. The van der Waals surface area contributed by atoms with Crippen molar-refractivity contribution in [1.82, 2.24) is 0 Å². The molecule has 1 aliphatic heterocycles. The number of ether oxygens (including phenoxy) is 4. The minimum atomic E-state index is -0.695. The van der Waals surface area contributed by atoms with Crippen LogP contribution < -0.4 is 0 Å². The molecule has 1 aliphatic rings. The fraction of sp³-hybridized carbons (Fsp3) is 0.321. The third kappa shape index (κ3) is 6.59. The number of rotatable bonds is 11. The molecule has 1 heterocycles. The highest BCUT2D eigenvalue weighted by atomic mass is 16.6. The Morgan fingerprint density at radius 1 is 0.697 bits per heavy atom. The van der Waals surface area contributed by atoms with Crippen molar-refractivity contribution >= 4 is 5.78 Å². The Hall–Kier alpha value is -2.83. The molecule has 172 valence electrons. The van der Waals surface area contributed by atoms with Crippen molar-refractivity contribution in [2.45, 2.75) is 51.2 Å². The summed E-state index contributed by atoms with van der Waals surface area (Å²) in [5, 5.41) is 0. The number of benzene rings is 3. The highest BCUT2D eigenvalue weighted by Crippen LogP contribution is 2.29. The smallest absolute Gasteiger partial charge is 0.161 e. The lowest BCUT2D eigenvalue weighted by Gasteiger charge is -2.24. The van der Waals surface area contributed by atoms with Crippen molar-refractivity contribution < 1.29 is 23.7 Å². The van der Waals surface area contributed by atoms with E-state index >= 15 is 0 Å². The molecule has 0 amide bonds. The molecule has 0 saturated carbocycles. The topological polar surface area (TPSA) is 54.0 Å². The van der Waals surface area contributed by atoms with E-state index in [1.54, 1.807) is 0 Å². The highest BCUT2D eigenvalue weighted by molar-refractivity contribution is 5.81. The minimum Gasteiger partial charge on any atom is -0.374 e. The normalized spacial score (nSPS) is 22.3. The number of carbonyl (C=O) groups is 1. The van der Waals surface area contributed by atoms with Gasteiger partial charge in [0.1, 0.15) is 24.4 Å². The van der Waals surface area contributed by atoms with Gasteiger partial charge in [0.25, 0.3) is 0 Å². The molecule has 0 bridgehead atoms. The van der Waals surface area contributed by atoms with Gasteiger partial charge in [0.2, 0.25) is 0 Å². The maximum Gasteiger partial charge on any atom is 0.161 e. The molecule has 1 fully saturated rings. The Balaban J connectivity index is 1.46.